The summed E-state index contributed by atoms with van der Waals surface area (Å²) in [5.41, 5.74) is 1.40. The Labute approximate surface area is 127 Å². The highest BCUT2D eigenvalue weighted by molar-refractivity contribution is 5.55. The van der Waals surface area contributed by atoms with Crippen molar-refractivity contribution in [3.63, 3.8) is 0 Å². The molecule has 0 saturated heterocycles. The Balaban J connectivity index is 1.74. The van der Waals surface area contributed by atoms with Gasteiger partial charge in [-0.15, -0.1) is 0 Å². The maximum Gasteiger partial charge on any atom is 0.229 e. The molecule has 5 nitrogen and oxygen atoms in total. The summed E-state index contributed by atoms with van der Waals surface area (Å²) in [7, 11) is 0. The van der Waals surface area contributed by atoms with Crippen molar-refractivity contribution in [2.45, 2.75) is 13.5 Å². The molecule has 0 amide bonds. The van der Waals surface area contributed by atoms with Gasteiger partial charge in [-0.05, 0) is 37.3 Å². The van der Waals surface area contributed by atoms with Gasteiger partial charge in [0.1, 0.15) is 17.4 Å². The molecule has 22 heavy (non-hydrogen) atoms. The highest BCUT2D eigenvalue weighted by Crippen LogP contribution is 2.17. The summed E-state index contributed by atoms with van der Waals surface area (Å²) < 4.78 is 18.5. The minimum absolute atomic E-state index is 0.311. The fourth-order valence-corrected chi connectivity index (χ4v) is 2.00. The van der Waals surface area contributed by atoms with Gasteiger partial charge in [-0.25, -0.2) is 9.37 Å². The Morgan fingerprint density at radius 3 is 2.82 bits per heavy atom. The van der Waals surface area contributed by atoms with Crippen LogP contribution in [0.2, 0.25) is 0 Å². The summed E-state index contributed by atoms with van der Waals surface area (Å²) in [6, 6.07) is 11.7. The molecular formula is C16H15FN4O. The Hall–Kier alpha value is -2.89. The van der Waals surface area contributed by atoms with Crippen molar-refractivity contribution < 1.29 is 8.81 Å². The third-order valence-corrected chi connectivity index (χ3v) is 2.96. The van der Waals surface area contributed by atoms with Gasteiger partial charge in [0.2, 0.25) is 5.95 Å². The zero-order valence-corrected chi connectivity index (χ0v) is 12.0. The molecule has 0 bridgehead atoms. The summed E-state index contributed by atoms with van der Waals surface area (Å²) in [5.74, 6) is 1.58. The molecule has 0 saturated carbocycles. The van der Waals surface area contributed by atoms with Gasteiger partial charge in [0.25, 0.3) is 0 Å². The molecule has 0 fully saturated rings. The summed E-state index contributed by atoms with van der Waals surface area (Å²) in [4.78, 5) is 8.66. The van der Waals surface area contributed by atoms with E-state index in [1.165, 1.54) is 12.1 Å². The summed E-state index contributed by atoms with van der Waals surface area (Å²) in [5, 5.41) is 6.16. The molecule has 0 radical (unpaired) electrons. The second-order valence-corrected chi connectivity index (χ2v) is 4.79. The molecule has 0 unspecified atom stereocenters. The van der Waals surface area contributed by atoms with E-state index in [4.69, 9.17) is 4.42 Å². The van der Waals surface area contributed by atoms with Crippen LogP contribution in [0.4, 0.5) is 21.8 Å². The molecule has 0 atom stereocenters. The molecule has 6 heteroatoms. The lowest BCUT2D eigenvalue weighted by Gasteiger charge is -2.09. The number of nitrogens with one attached hydrogen (secondary N) is 2. The van der Waals surface area contributed by atoms with E-state index in [1.807, 2.05) is 25.1 Å². The number of hydrogen-bond acceptors (Lipinski definition) is 5. The molecule has 3 rings (SSSR count). The first-order valence-corrected chi connectivity index (χ1v) is 6.83. The zero-order chi connectivity index (χ0) is 15.4. The number of aryl methyl sites for hydroxylation is 1. The van der Waals surface area contributed by atoms with Gasteiger partial charge in [0.05, 0.1) is 12.8 Å². The van der Waals surface area contributed by atoms with Crippen molar-refractivity contribution in [1.29, 1.82) is 0 Å². The molecule has 2 aromatic heterocycles. The van der Waals surface area contributed by atoms with Crippen molar-refractivity contribution in [3.05, 3.63) is 66.0 Å². The maximum atomic E-state index is 13.2. The standard InChI is InChI=1S/C16H15FN4O/c1-11-8-15(18-10-14-6-3-7-22-14)21-16(19-11)20-13-5-2-4-12(17)9-13/h2-9H,10H2,1H3,(H2,18,19,20,21). The van der Waals surface area contributed by atoms with Crippen LogP contribution in [0.1, 0.15) is 11.5 Å². The number of rotatable bonds is 5. The molecular weight excluding hydrogens is 283 g/mol. The van der Waals surface area contributed by atoms with Gasteiger partial charge >= 0.3 is 0 Å². The quantitative estimate of drug-likeness (QED) is 0.748. The monoisotopic (exact) mass is 298 g/mol. The highest BCUT2D eigenvalue weighted by Gasteiger charge is 2.04. The third-order valence-electron chi connectivity index (χ3n) is 2.96. The number of nitrogens with zero attached hydrogens (tertiary/aromatic N) is 2. The normalized spacial score (nSPS) is 10.5. The van der Waals surface area contributed by atoms with Crippen LogP contribution in [0, 0.1) is 12.7 Å². The number of aromatic nitrogens is 2. The minimum Gasteiger partial charge on any atom is -0.467 e. The maximum absolute atomic E-state index is 13.2. The molecule has 112 valence electrons. The predicted octanol–water partition coefficient (Wildman–Crippen LogP) is 3.87. The fourth-order valence-electron chi connectivity index (χ4n) is 2.00. The molecule has 0 spiro atoms. The van der Waals surface area contributed by atoms with Crippen LogP contribution in [0.3, 0.4) is 0 Å². The number of hydrogen-bond donors (Lipinski definition) is 2. The lowest BCUT2D eigenvalue weighted by Crippen LogP contribution is -2.05. The van der Waals surface area contributed by atoms with Gasteiger partial charge in [-0.3, -0.25) is 0 Å². The van der Waals surface area contributed by atoms with Crippen molar-refractivity contribution >= 4 is 17.5 Å². The van der Waals surface area contributed by atoms with E-state index in [0.717, 1.165) is 11.5 Å². The number of halogens is 1. The fraction of sp³-hybridized carbons (Fsp3) is 0.125. The Morgan fingerprint density at radius 1 is 1.14 bits per heavy atom. The lowest BCUT2D eigenvalue weighted by atomic mass is 10.3. The zero-order valence-electron chi connectivity index (χ0n) is 12.0. The summed E-state index contributed by atoms with van der Waals surface area (Å²) in [6.45, 7) is 2.40. The van der Waals surface area contributed by atoms with E-state index >= 15 is 0 Å². The van der Waals surface area contributed by atoms with Crippen LogP contribution in [0.5, 0.6) is 0 Å². The highest BCUT2D eigenvalue weighted by atomic mass is 19.1. The Kier molecular flexibility index (Phi) is 4.00. The van der Waals surface area contributed by atoms with Gasteiger partial charge in [0.15, 0.2) is 0 Å². The first-order chi connectivity index (χ1) is 10.7. The second-order valence-electron chi connectivity index (χ2n) is 4.79. The summed E-state index contributed by atoms with van der Waals surface area (Å²) in [6.07, 6.45) is 1.62. The molecule has 0 aliphatic rings. The Bertz CT molecular complexity index is 759. The van der Waals surface area contributed by atoms with Gasteiger partial charge in [0, 0.05) is 17.4 Å². The van der Waals surface area contributed by atoms with Crippen LogP contribution >= 0.6 is 0 Å². The second kappa shape index (κ2) is 6.26. The minimum atomic E-state index is -0.311. The van der Waals surface area contributed by atoms with Crippen molar-refractivity contribution in [2.75, 3.05) is 10.6 Å². The van der Waals surface area contributed by atoms with Crippen LogP contribution in [-0.4, -0.2) is 9.97 Å². The van der Waals surface area contributed by atoms with E-state index in [0.29, 0.717) is 24.0 Å². The Morgan fingerprint density at radius 2 is 2.05 bits per heavy atom. The number of benzene rings is 1. The van der Waals surface area contributed by atoms with Crippen molar-refractivity contribution in [2.24, 2.45) is 0 Å². The average molecular weight is 298 g/mol. The van der Waals surface area contributed by atoms with Gasteiger partial charge < -0.3 is 15.1 Å². The van der Waals surface area contributed by atoms with Gasteiger partial charge in [-0.1, -0.05) is 6.07 Å². The van der Waals surface area contributed by atoms with E-state index in [-0.39, 0.29) is 5.82 Å². The molecule has 2 heterocycles. The smallest absolute Gasteiger partial charge is 0.229 e. The van der Waals surface area contributed by atoms with E-state index in [2.05, 4.69) is 20.6 Å². The molecule has 0 aliphatic heterocycles. The van der Waals surface area contributed by atoms with E-state index < -0.39 is 0 Å². The van der Waals surface area contributed by atoms with Crippen LogP contribution in [0.25, 0.3) is 0 Å². The van der Waals surface area contributed by atoms with E-state index in [1.54, 1.807) is 18.4 Å². The van der Waals surface area contributed by atoms with Crippen LogP contribution < -0.4 is 10.6 Å². The summed E-state index contributed by atoms with van der Waals surface area (Å²) >= 11 is 0. The SMILES string of the molecule is Cc1cc(NCc2ccco2)nc(Nc2cccc(F)c2)n1. The number of anilines is 3. The lowest BCUT2D eigenvalue weighted by molar-refractivity contribution is 0.518. The van der Waals surface area contributed by atoms with Crippen molar-refractivity contribution in [3.8, 4) is 0 Å². The van der Waals surface area contributed by atoms with Crippen molar-refractivity contribution in [1.82, 2.24) is 9.97 Å². The first-order valence-electron chi connectivity index (χ1n) is 6.83. The topological polar surface area (TPSA) is 63.0 Å². The third kappa shape index (κ3) is 3.60. The first kappa shape index (κ1) is 14.1. The van der Waals surface area contributed by atoms with Gasteiger partial charge in [-0.2, -0.15) is 4.98 Å². The molecule has 2 N–H and O–H groups in total. The number of furan rings is 1. The molecule has 0 aliphatic carbocycles. The molecule has 3 aromatic rings. The van der Waals surface area contributed by atoms with E-state index in [9.17, 15) is 4.39 Å². The predicted molar refractivity (Wildman–Crippen MR) is 82.5 cm³/mol. The van der Waals surface area contributed by atoms with Crippen LogP contribution in [-0.2, 0) is 6.54 Å². The van der Waals surface area contributed by atoms with Crippen LogP contribution in [0.15, 0.2) is 53.1 Å². The molecule has 1 aromatic carbocycles. The largest absolute Gasteiger partial charge is 0.467 e. The average Bonchev–Trinajstić information content (AvgIpc) is 2.98.